The molecular formula is C23H26BrF2N2O5P. The molecule has 1 N–H and O–H groups in total. The quantitative estimate of drug-likeness (QED) is 0.254. The molecule has 0 bridgehead atoms. The fourth-order valence-electron chi connectivity index (χ4n) is 4.17. The minimum atomic E-state index is -4.82. The average Bonchev–Trinajstić information content (AvgIpc) is 2.98. The second kappa shape index (κ2) is 11.5. The third kappa shape index (κ3) is 5.25. The monoisotopic (exact) mass is 558 g/mol. The van der Waals surface area contributed by atoms with Crippen molar-refractivity contribution in [3.05, 3.63) is 68.2 Å². The molecule has 3 aromatic rings. The molecule has 0 saturated heterocycles. The Kier molecular flexibility index (Phi) is 8.98. The van der Waals surface area contributed by atoms with Crippen LogP contribution in [0.2, 0.25) is 0 Å². The summed E-state index contributed by atoms with van der Waals surface area (Å²) in [4.78, 5) is 22.1. The maximum absolute atomic E-state index is 14.4. The lowest BCUT2D eigenvalue weighted by atomic mass is 10.1. The Hall–Kier alpha value is -2.13. The summed E-state index contributed by atoms with van der Waals surface area (Å²) < 4.78 is 49.8. The van der Waals surface area contributed by atoms with Crippen molar-refractivity contribution in [3.63, 3.8) is 0 Å². The molecule has 0 spiro atoms. The first-order valence-electron chi connectivity index (χ1n) is 10.7. The van der Waals surface area contributed by atoms with Gasteiger partial charge in [-0.25, -0.2) is 4.39 Å². The van der Waals surface area contributed by atoms with E-state index >= 15 is 0 Å². The molecule has 34 heavy (non-hydrogen) atoms. The van der Waals surface area contributed by atoms with E-state index in [-0.39, 0.29) is 5.56 Å². The number of fused-ring (bicyclic) bond motifs is 3. The molecule has 4 rings (SSSR count). The van der Waals surface area contributed by atoms with Gasteiger partial charge in [-0.2, -0.15) is 0 Å². The Balaban J connectivity index is 0.00000158. The van der Waals surface area contributed by atoms with Gasteiger partial charge in [-0.15, -0.1) is 4.91 Å². The van der Waals surface area contributed by atoms with Crippen molar-refractivity contribution in [1.82, 2.24) is 4.57 Å². The molecule has 2 aromatic carbocycles. The number of ether oxygens (including phenoxy) is 2. The number of nitroso groups, excluding NO2 is 1. The summed E-state index contributed by atoms with van der Waals surface area (Å²) in [5.74, 6) is -1.59. The third-order valence-corrected chi connectivity index (χ3v) is 7.38. The van der Waals surface area contributed by atoms with Gasteiger partial charge in [-0.1, -0.05) is 40.2 Å². The molecule has 1 aliphatic rings. The number of alkyl halides is 2. The predicted octanol–water partition coefficient (Wildman–Crippen LogP) is 6.82. The van der Waals surface area contributed by atoms with Crippen LogP contribution in [0.1, 0.15) is 41.6 Å². The summed E-state index contributed by atoms with van der Waals surface area (Å²) in [6.07, 6.45) is 1.77. The average molecular weight is 559 g/mol. The number of rotatable bonds is 7. The number of nitrogens with zero attached hydrogens (tertiary/aromatic N) is 2. The van der Waals surface area contributed by atoms with Crippen LogP contribution >= 0.6 is 23.4 Å². The zero-order valence-corrected chi connectivity index (χ0v) is 21.3. The summed E-state index contributed by atoms with van der Waals surface area (Å²) in [5, 5.41) is 1.09. The second-order valence-electron chi connectivity index (χ2n) is 7.62. The van der Waals surface area contributed by atoms with Gasteiger partial charge in [-0.05, 0) is 37.5 Å². The van der Waals surface area contributed by atoms with Crippen LogP contribution < -0.4 is 4.74 Å². The van der Waals surface area contributed by atoms with Crippen molar-refractivity contribution in [2.45, 2.75) is 38.8 Å². The minimum Gasteiger partial charge on any atom is -0.492 e. The van der Waals surface area contributed by atoms with Gasteiger partial charge in [0.25, 0.3) is 0 Å². The van der Waals surface area contributed by atoms with Crippen molar-refractivity contribution in [1.29, 1.82) is 0 Å². The number of hydrogen-bond donors (Lipinski definition) is 1. The smallest absolute Gasteiger partial charge is 0.387 e. The molecule has 1 aromatic heterocycles. The van der Waals surface area contributed by atoms with Gasteiger partial charge in [0, 0.05) is 44.8 Å². The first-order chi connectivity index (χ1) is 16.4. The molecule has 11 heteroatoms. The highest BCUT2D eigenvalue weighted by molar-refractivity contribution is 9.10. The molecule has 7 nitrogen and oxygen atoms in total. The van der Waals surface area contributed by atoms with Crippen LogP contribution in [-0.2, 0) is 28.9 Å². The number of benzene rings is 2. The number of aromatic nitrogens is 1. The summed E-state index contributed by atoms with van der Waals surface area (Å²) in [6.45, 7) is 4.21. The SMILES string of the molecule is CCOc1cccc2c3c(n(Cc4ccc(C(F)P(=O)(O)N=O)c(Br)c4)c12)CCCOC3.CF. The van der Waals surface area contributed by atoms with Crippen molar-refractivity contribution >= 4 is 34.4 Å². The lowest BCUT2D eigenvalue weighted by Crippen LogP contribution is -2.07. The lowest BCUT2D eigenvalue weighted by Gasteiger charge is -2.16. The fourth-order valence-corrected chi connectivity index (χ4v) is 5.65. The topological polar surface area (TPSA) is 90.1 Å². The molecule has 0 saturated carbocycles. The van der Waals surface area contributed by atoms with Gasteiger partial charge in [0.05, 0.1) is 25.9 Å². The Morgan fingerprint density at radius 3 is 2.76 bits per heavy atom. The minimum absolute atomic E-state index is 0.0845. The van der Waals surface area contributed by atoms with Crippen molar-refractivity contribution < 1.29 is 27.7 Å². The summed E-state index contributed by atoms with van der Waals surface area (Å²) in [5.41, 5.74) is 4.09. The molecule has 0 amide bonds. The molecule has 0 radical (unpaired) electrons. The van der Waals surface area contributed by atoms with E-state index in [2.05, 4.69) is 31.5 Å². The van der Waals surface area contributed by atoms with Crippen molar-refractivity contribution in [2.24, 2.45) is 4.95 Å². The highest BCUT2D eigenvalue weighted by Gasteiger charge is 2.35. The molecule has 0 fully saturated rings. The van der Waals surface area contributed by atoms with Gasteiger partial charge >= 0.3 is 7.52 Å². The Morgan fingerprint density at radius 2 is 2.09 bits per heavy atom. The molecule has 2 unspecified atom stereocenters. The zero-order chi connectivity index (χ0) is 24.9. The highest BCUT2D eigenvalue weighted by atomic mass is 79.9. The maximum Gasteiger partial charge on any atom is 0.387 e. The van der Waals surface area contributed by atoms with E-state index < -0.39 is 13.4 Å². The normalized spacial score (nSPS) is 15.9. The Morgan fingerprint density at radius 1 is 1.32 bits per heavy atom. The number of para-hydroxylation sites is 1. The van der Waals surface area contributed by atoms with E-state index in [4.69, 9.17) is 9.47 Å². The zero-order valence-electron chi connectivity index (χ0n) is 18.8. The predicted molar refractivity (Wildman–Crippen MR) is 131 cm³/mol. The van der Waals surface area contributed by atoms with Crippen molar-refractivity contribution in [2.75, 3.05) is 20.4 Å². The number of hydrogen-bond acceptors (Lipinski definition) is 4. The summed E-state index contributed by atoms with van der Waals surface area (Å²) in [7, 11) is -4.32. The highest BCUT2D eigenvalue weighted by Crippen LogP contribution is 2.58. The summed E-state index contributed by atoms with van der Waals surface area (Å²) in [6, 6.07) is 10.8. The van der Waals surface area contributed by atoms with Crippen LogP contribution in [0.25, 0.3) is 10.9 Å². The van der Waals surface area contributed by atoms with E-state index in [1.807, 2.05) is 19.1 Å². The number of halogens is 3. The first kappa shape index (κ1) is 26.5. The van der Waals surface area contributed by atoms with E-state index in [1.165, 1.54) is 11.8 Å². The largest absolute Gasteiger partial charge is 0.492 e. The molecule has 1 aliphatic heterocycles. The van der Waals surface area contributed by atoms with Crippen molar-refractivity contribution in [3.8, 4) is 5.75 Å². The summed E-state index contributed by atoms with van der Waals surface area (Å²) >= 11 is 3.28. The van der Waals surface area contributed by atoms with E-state index in [0.29, 0.717) is 38.0 Å². The molecular weight excluding hydrogens is 533 g/mol. The maximum atomic E-state index is 14.4. The van der Waals surface area contributed by atoms with Gasteiger partial charge < -0.3 is 18.9 Å². The van der Waals surface area contributed by atoms with Crippen LogP contribution in [-0.4, -0.2) is 29.9 Å². The first-order valence-corrected chi connectivity index (χ1v) is 13.2. The Bertz CT molecular complexity index is 1220. The molecule has 184 valence electrons. The third-order valence-electron chi connectivity index (χ3n) is 5.59. The van der Waals surface area contributed by atoms with E-state index in [9.17, 15) is 23.1 Å². The van der Waals surface area contributed by atoms with Crippen LogP contribution in [0, 0.1) is 4.91 Å². The van der Waals surface area contributed by atoms with Gasteiger partial charge in [0.1, 0.15) is 5.75 Å². The van der Waals surface area contributed by atoms with Crippen LogP contribution in [0.3, 0.4) is 0 Å². The molecule has 2 heterocycles. The second-order valence-corrected chi connectivity index (χ2v) is 10.3. The lowest BCUT2D eigenvalue weighted by molar-refractivity contribution is 0.125. The Labute approximate surface area is 204 Å². The standard InChI is InChI=1S/C22H23BrFN2O5P.CH3F/c1-2-31-20-7-3-5-15-17-13-30-10-4-6-19(17)26(21(15)20)12-14-8-9-16(18(23)11-14)22(24)32(28,29)25-27;1-2/h3,5,7-9,11,22H,2,4,6,10,12-13H2,1H3,(H,28,29);1H3. The van der Waals surface area contributed by atoms with Gasteiger partial charge in [0.2, 0.25) is 5.91 Å². The fraction of sp³-hybridized carbons (Fsp3) is 0.391. The van der Waals surface area contributed by atoms with E-state index in [1.54, 1.807) is 12.1 Å². The molecule has 2 atom stereocenters. The van der Waals surface area contributed by atoms with Gasteiger partial charge in [0.15, 0.2) is 0 Å². The van der Waals surface area contributed by atoms with Crippen LogP contribution in [0.4, 0.5) is 8.78 Å². The van der Waals surface area contributed by atoms with E-state index in [0.717, 1.165) is 40.6 Å². The molecule has 0 aliphatic carbocycles. The van der Waals surface area contributed by atoms with Crippen LogP contribution in [0.5, 0.6) is 5.75 Å². The van der Waals surface area contributed by atoms with Crippen LogP contribution in [0.15, 0.2) is 45.8 Å². The van der Waals surface area contributed by atoms with Gasteiger partial charge in [-0.3, -0.25) is 8.96 Å².